The van der Waals surface area contributed by atoms with Crippen LogP contribution in [0.15, 0.2) is 24.3 Å². The molecule has 1 aromatic rings. The Labute approximate surface area is 181 Å². The van der Waals surface area contributed by atoms with E-state index in [9.17, 15) is 22.8 Å². The fraction of sp³-hybridized carbons (Fsp3) is 0.550. The summed E-state index contributed by atoms with van der Waals surface area (Å²) >= 11 is 0. The fourth-order valence-electron chi connectivity index (χ4n) is 3.62. The molecule has 0 unspecified atom stereocenters. The summed E-state index contributed by atoms with van der Waals surface area (Å²) in [5.41, 5.74) is 0.583. The molecule has 1 aromatic carbocycles. The second-order valence-electron chi connectivity index (χ2n) is 7.40. The van der Waals surface area contributed by atoms with Gasteiger partial charge in [0.15, 0.2) is 6.61 Å². The summed E-state index contributed by atoms with van der Waals surface area (Å²) in [6.07, 6.45) is 1.36. The third kappa shape index (κ3) is 5.87. The second-order valence-corrected chi connectivity index (χ2v) is 9.41. The Kier molecular flexibility index (Phi) is 7.37. The number of amides is 2. The normalized spacial score (nSPS) is 18.5. The molecule has 3 rings (SSSR count). The number of benzene rings is 1. The molecule has 2 heterocycles. The molecule has 2 fully saturated rings. The van der Waals surface area contributed by atoms with Crippen molar-refractivity contribution in [3.05, 3.63) is 29.8 Å². The first-order chi connectivity index (χ1) is 14.8. The average Bonchev–Trinajstić information content (AvgIpc) is 3.11. The third-order valence-corrected chi connectivity index (χ3v) is 7.06. The van der Waals surface area contributed by atoms with Crippen LogP contribution >= 0.6 is 0 Å². The van der Waals surface area contributed by atoms with Crippen LogP contribution in [-0.2, 0) is 24.3 Å². The molecule has 170 valence electrons. The highest BCUT2D eigenvalue weighted by Crippen LogP contribution is 2.25. The molecule has 0 aliphatic carbocycles. The van der Waals surface area contributed by atoms with E-state index in [1.54, 1.807) is 24.0 Å². The Hall–Kier alpha value is -2.82. The highest BCUT2D eigenvalue weighted by atomic mass is 32.2. The van der Waals surface area contributed by atoms with Gasteiger partial charge >= 0.3 is 12.1 Å². The summed E-state index contributed by atoms with van der Waals surface area (Å²) in [5.74, 6) is -1.05. The molecule has 0 bridgehead atoms. The van der Waals surface area contributed by atoms with Gasteiger partial charge in [0.2, 0.25) is 10.0 Å². The molecule has 2 aliphatic heterocycles. The molecule has 2 aliphatic rings. The van der Waals surface area contributed by atoms with Gasteiger partial charge in [-0.05, 0) is 44.4 Å². The van der Waals surface area contributed by atoms with Gasteiger partial charge in [-0.3, -0.25) is 9.10 Å². The summed E-state index contributed by atoms with van der Waals surface area (Å²) < 4.78 is 35.5. The van der Waals surface area contributed by atoms with E-state index in [1.807, 2.05) is 0 Å². The van der Waals surface area contributed by atoms with Gasteiger partial charge in [-0.25, -0.2) is 18.0 Å². The molecule has 0 atom stereocenters. The minimum absolute atomic E-state index is 0.0839. The Morgan fingerprint density at radius 1 is 1.13 bits per heavy atom. The molecule has 0 spiro atoms. The number of esters is 1. The van der Waals surface area contributed by atoms with E-state index < -0.39 is 28.5 Å². The van der Waals surface area contributed by atoms with Crippen LogP contribution < -0.4 is 9.62 Å². The van der Waals surface area contributed by atoms with E-state index in [0.717, 1.165) is 0 Å². The molecule has 0 radical (unpaired) electrons. The number of anilines is 1. The smallest absolute Gasteiger partial charge is 0.409 e. The lowest BCUT2D eigenvalue weighted by atomic mass is 10.1. The lowest BCUT2D eigenvalue weighted by Gasteiger charge is -2.31. The van der Waals surface area contributed by atoms with Crippen LogP contribution in [-0.4, -0.2) is 75.9 Å². The molecule has 31 heavy (non-hydrogen) atoms. The highest BCUT2D eigenvalue weighted by molar-refractivity contribution is 7.93. The molecule has 0 saturated carbocycles. The van der Waals surface area contributed by atoms with Crippen LogP contribution in [0.5, 0.6) is 0 Å². The number of carbonyl (C=O) groups excluding carboxylic acids is 3. The molecule has 11 heteroatoms. The minimum Gasteiger partial charge on any atom is -0.452 e. The SMILES string of the molecule is CCOC(=O)N1CCC(NC(=O)COC(=O)c2cccc(N3CCCS3(=O)=O)c2)CC1. The van der Waals surface area contributed by atoms with Crippen LogP contribution in [0, 0.1) is 0 Å². The molecule has 1 N–H and O–H groups in total. The van der Waals surface area contributed by atoms with Gasteiger partial charge in [-0.1, -0.05) is 6.07 Å². The number of nitrogens with zero attached hydrogens (tertiary/aromatic N) is 2. The number of sulfonamides is 1. The lowest BCUT2D eigenvalue weighted by molar-refractivity contribution is -0.125. The Morgan fingerprint density at radius 2 is 1.87 bits per heavy atom. The second kappa shape index (κ2) is 9.99. The zero-order valence-electron chi connectivity index (χ0n) is 17.4. The van der Waals surface area contributed by atoms with Crippen molar-refractivity contribution in [2.75, 3.05) is 42.9 Å². The van der Waals surface area contributed by atoms with E-state index in [4.69, 9.17) is 9.47 Å². The van der Waals surface area contributed by atoms with E-state index in [2.05, 4.69) is 5.32 Å². The summed E-state index contributed by atoms with van der Waals surface area (Å²) in [7, 11) is -3.35. The van der Waals surface area contributed by atoms with Gasteiger partial charge < -0.3 is 19.7 Å². The average molecular weight is 454 g/mol. The lowest BCUT2D eigenvalue weighted by Crippen LogP contribution is -2.47. The molecule has 10 nitrogen and oxygen atoms in total. The van der Waals surface area contributed by atoms with Crippen molar-refractivity contribution in [3.63, 3.8) is 0 Å². The van der Waals surface area contributed by atoms with E-state index in [1.165, 1.54) is 16.4 Å². The van der Waals surface area contributed by atoms with Gasteiger partial charge in [0.05, 0.1) is 23.6 Å². The third-order valence-electron chi connectivity index (χ3n) is 5.19. The number of rotatable bonds is 6. The molecule has 2 saturated heterocycles. The molecule has 2 amide bonds. The van der Waals surface area contributed by atoms with Crippen molar-refractivity contribution in [2.24, 2.45) is 0 Å². The summed E-state index contributed by atoms with van der Waals surface area (Å²) in [5, 5.41) is 2.80. The number of likely N-dealkylation sites (tertiary alicyclic amines) is 1. The first-order valence-electron chi connectivity index (χ1n) is 10.3. The molecule has 0 aromatic heterocycles. The summed E-state index contributed by atoms with van der Waals surface area (Å²) in [4.78, 5) is 37.8. The van der Waals surface area contributed by atoms with Gasteiger partial charge in [0, 0.05) is 25.7 Å². The summed E-state index contributed by atoms with van der Waals surface area (Å²) in [6.45, 7) is 2.96. The monoisotopic (exact) mass is 453 g/mol. The van der Waals surface area contributed by atoms with Crippen molar-refractivity contribution in [2.45, 2.75) is 32.2 Å². The predicted molar refractivity (Wildman–Crippen MR) is 112 cm³/mol. The first kappa shape index (κ1) is 22.9. The van der Waals surface area contributed by atoms with Crippen molar-refractivity contribution in [1.29, 1.82) is 0 Å². The van der Waals surface area contributed by atoms with Crippen LogP contribution in [0.1, 0.15) is 36.5 Å². The topological polar surface area (TPSA) is 122 Å². The largest absolute Gasteiger partial charge is 0.452 e. The number of nitrogens with one attached hydrogen (secondary N) is 1. The van der Waals surface area contributed by atoms with Gasteiger partial charge in [0.25, 0.3) is 5.91 Å². The number of piperidine rings is 1. The Balaban J connectivity index is 1.46. The van der Waals surface area contributed by atoms with Crippen molar-refractivity contribution < 1.29 is 32.3 Å². The summed E-state index contributed by atoms with van der Waals surface area (Å²) in [6, 6.07) is 6.05. The van der Waals surface area contributed by atoms with Crippen molar-refractivity contribution >= 4 is 33.7 Å². The van der Waals surface area contributed by atoms with E-state index >= 15 is 0 Å². The maximum atomic E-state index is 12.3. The van der Waals surface area contributed by atoms with Gasteiger partial charge in [-0.2, -0.15) is 0 Å². The maximum absolute atomic E-state index is 12.3. The Morgan fingerprint density at radius 3 is 2.52 bits per heavy atom. The zero-order valence-corrected chi connectivity index (χ0v) is 18.2. The van der Waals surface area contributed by atoms with Crippen LogP contribution in [0.3, 0.4) is 0 Å². The number of ether oxygens (including phenoxy) is 2. The van der Waals surface area contributed by atoms with E-state index in [-0.39, 0.29) is 23.5 Å². The van der Waals surface area contributed by atoms with Gasteiger partial charge in [-0.15, -0.1) is 0 Å². The predicted octanol–water partition coefficient (Wildman–Crippen LogP) is 1.12. The standard InChI is InChI=1S/C20H27N3O7S/c1-2-29-20(26)22-10-7-16(8-11-22)21-18(24)14-30-19(25)15-5-3-6-17(13-15)23-9-4-12-31(23,27)28/h3,5-6,13,16H,2,4,7-12,14H2,1H3,(H,21,24). The van der Waals surface area contributed by atoms with Crippen molar-refractivity contribution in [1.82, 2.24) is 10.2 Å². The molecular formula is C20H27N3O7S. The van der Waals surface area contributed by atoms with Crippen LogP contribution in [0.2, 0.25) is 0 Å². The minimum atomic E-state index is -3.35. The maximum Gasteiger partial charge on any atom is 0.409 e. The highest BCUT2D eigenvalue weighted by Gasteiger charge is 2.29. The number of carbonyl (C=O) groups is 3. The first-order valence-corrected chi connectivity index (χ1v) is 11.9. The molecular weight excluding hydrogens is 426 g/mol. The van der Waals surface area contributed by atoms with Crippen LogP contribution in [0.4, 0.5) is 10.5 Å². The number of hydrogen-bond acceptors (Lipinski definition) is 7. The van der Waals surface area contributed by atoms with Gasteiger partial charge in [0.1, 0.15) is 0 Å². The number of hydrogen-bond donors (Lipinski definition) is 1. The van der Waals surface area contributed by atoms with Crippen molar-refractivity contribution in [3.8, 4) is 0 Å². The van der Waals surface area contributed by atoms with Crippen LogP contribution in [0.25, 0.3) is 0 Å². The quantitative estimate of drug-likeness (QED) is 0.641. The fourth-order valence-corrected chi connectivity index (χ4v) is 5.18. The Bertz CT molecular complexity index is 926. The zero-order chi connectivity index (χ0) is 22.4. The van der Waals surface area contributed by atoms with E-state index in [0.29, 0.717) is 51.2 Å².